The van der Waals surface area contributed by atoms with Crippen LogP contribution in [-0.4, -0.2) is 28.3 Å². The topological polar surface area (TPSA) is 27.1 Å². The van der Waals surface area contributed by atoms with Gasteiger partial charge in [0.25, 0.3) is 0 Å². The lowest BCUT2D eigenvalue weighted by molar-refractivity contribution is 0.182. The van der Waals surface area contributed by atoms with Crippen molar-refractivity contribution in [1.29, 1.82) is 0 Å². The van der Waals surface area contributed by atoms with E-state index in [4.69, 9.17) is 16.3 Å². The summed E-state index contributed by atoms with van der Waals surface area (Å²) in [7, 11) is 1.71. The average Bonchev–Trinajstić information content (AvgIpc) is 2.57. The quantitative estimate of drug-likeness (QED) is 0.614. The molecule has 0 aromatic carbocycles. The fourth-order valence-corrected chi connectivity index (χ4v) is 3.75. The molecule has 2 unspecified atom stereocenters. The number of hydrogen-bond acceptors (Lipinski definition) is 2. The summed E-state index contributed by atoms with van der Waals surface area (Å²) < 4.78 is 7.15. The fourth-order valence-electron chi connectivity index (χ4n) is 2.68. The highest BCUT2D eigenvalue weighted by molar-refractivity contribution is 9.09. The summed E-state index contributed by atoms with van der Waals surface area (Å²) in [6, 6.07) is 0. The van der Waals surface area contributed by atoms with Crippen molar-refractivity contribution in [3.63, 3.8) is 0 Å². The van der Waals surface area contributed by atoms with Crippen LogP contribution in [0.5, 0.6) is 0 Å². The minimum atomic E-state index is 0.517. The number of nitrogens with zero attached hydrogens (tertiary/aromatic N) is 2. The van der Waals surface area contributed by atoms with E-state index in [9.17, 15) is 0 Å². The molecule has 18 heavy (non-hydrogen) atoms. The third-order valence-corrected chi connectivity index (χ3v) is 4.71. The lowest BCUT2D eigenvalue weighted by atomic mass is 9.96. The molecule has 102 valence electrons. The van der Waals surface area contributed by atoms with Gasteiger partial charge < -0.3 is 4.74 Å². The normalized spacial score (nSPS) is 25.1. The van der Waals surface area contributed by atoms with Crippen LogP contribution in [-0.2, 0) is 11.3 Å². The standard InChI is InChI=1S/C13H20BrClN2O/c1-18-7-6-17-13(12(15)9-16-17)10-4-2-3-5-11(14)8-10/h9-11H,2-8H2,1H3. The highest BCUT2D eigenvalue weighted by Gasteiger charge is 2.25. The number of ether oxygens (including phenoxy) is 1. The van der Waals surface area contributed by atoms with Gasteiger partial charge in [0.2, 0.25) is 0 Å². The Hall–Kier alpha value is -0.0600. The molecule has 1 aromatic rings. The number of alkyl halides is 1. The van der Waals surface area contributed by atoms with Crippen molar-refractivity contribution in [3.05, 3.63) is 16.9 Å². The molecular weight excluding hydrogens is 316 g/mol. The summed E-state index contributed by atoms with van der Waals surface area (Å²) in [5.41, 5.74) is 1.19. The fraction of sp³-hybridized carbons (Fsp3) is 0.769. The summed E-state index contributed by atoms with van der Waals surface area (Å²) in [6.45, 7) is 1.46. The zero-order chi connectivity index (χ0) is 13.0. The van der Waals surface area contributed by atoms with E-state index in [1.165, 1.54) is 31.4 Å². The van der Waals surface area contributed by atoms with E-state index in [1.54, 1.807) is 13.3 Å². The van der Waals surface area contributed by atoms with Gasteiger partial charge in [0.05, 0.1) is 30.1 Å². The lowest BCUT2D eigenvalue weighted by Gasteiger charge is -2.18. The Bertz CT molecular complexity index is 383. The maximum Gasteiger partial charge on any atom is 0.0820 e. The largest absolute Gasteiger partial charge is 0.383 e. The molecule has 0 radical (unpaired) electrons. The number of halogens is 2. The van der Waals surface area contributed by atoms with Crippen molar-refractivity contribution in [3.8, 4) is 0 Å². The summed E-state index contributed by atoms with van der Waals surface area (Å²) >= 11 is 10.1. The molecule has 1 aliphatic carbocycles. The highest BCUT2D eigenvalue weighted by Crippen LogP contribution is 2.37. The molecule has 2 rings (SSSR count). The predicted octanol–water partition coefficient (Wildman–Crippen LogP) is 3.99. The Morgan fingerprint density at radius 2 is 2.28 bits per heavy atom. The molecule has 2 atom stereocenters. The zero-order valence-electron chi connectivity index (χ0n) is 10.7. The van der Waals surface area contributed by atoms with Crippen molar-refractivity contribution < 1.29 is 4.74 Å². The van der Waals surface area contributed by atoms with Gasteiger partial charge >= 0.3 is 0 Å². The molecule has 0 bridgehead atoms. The molecule has 0 spiro atoms. The molecule has 0 aliphatic heterocycles. The number of rotatable bonds is 4. The van der Waals surface area contributed by atoms with Crippen LogP contribution in [0, 0.1) is 0 Å². The van der Waals surface area contributed by atoms with E-state index in [0.717, 1.165) is 18.0 Å². The van der Waals surface area contributed by atoms with Crippen molar-refractivity contribution >= 4 is 27.5 Å². The van der Waals surface area contributed by atoms with Crippen LogP contribution in [0.1, 0.15) is 43.7 Å². The first-order chi connectivity index (χ1) is 8.72. The summed E-state index contributed by atoms with van der Waals surface area (Å²) in [5, 5.41) is 5.18. The second kappa shape index (κ2) is 6.92. The van der Waals surface area contributed by atoms with E-state index in [-0.39, 0.29) is 0 Å². The van der Waals surface area contributed by atoms with E-state index in [2.05, 4.69) is 21.0 Å². The van der Waals surface area contributed by atoms with E-state index < -0.39 is 0 Å². The van der Waals surface area contributed by atoms with Gasteiger partial charge in [0.15, 0.2) is 0 Å². The molecule has 5 heteroatoms. The average molecular weight is 336 g/mol. The van der Waals surface area contributed by atoms with Crippen LogP contribution in [0.4, 0.5) is 0 Å². The molecule has 0 saturated heterocycles. The van der Waals surface area contributed by atoms with Crippen molar-refractivity contribution in [2.75, 3.05) is 13.7 Å². The summed E-state index contributed by atoms with van der Waals surface area (Å²) in [4.78, 5) is 0.604. The van der Waals surface area contributed by atoms with Crippen LogP contribution in [0.25, 0.3) is 0 Å². The van der Waals surface area contributed by atoms with E-state index in [1.807, 2.05) is 4.68 Å². The predicted molar refractivity (Wildman–Crippen MR) is 77.7 cm³/mol. The van der Waals surface area contributed by atoms with Crippen molar-refractivity contribution in [1.82, 2.24) is 9.78 Å². The van der Waals surface area contributed by atoms with E-state index >= 15 is 0 Å². The molecule has 1 aliphatic rings. The third-order valence-electron chi connectivity index (χ3n) is 3.59. The molecular formula is C13H20BrClN2O. The number of hydrogen-bond donors (Lipinski definition) is 0. The van der Waals surface area contributed by atoms with Crippen LogP contribution in [0.2, 0.25) is 5.02 Å². The molecule has 0 N–H and O–H groups in total. The molecule has 1 aromatic heterocycles. The van der Waals surface area contributed by atoms with Crippen molar-refractivity contribution in [2.24, 2.45) is 0 Å². The van der Waals surface area contributed by atoms with Crippen LogP contribution < -0.4 is 0 Å². The van der Waals surface area contributed by atoms with Gasteiger partial charge in [0, 0.05) is 17.9 Å². The monoisotopic (exact) mass is 334 g/mol. The van der Waals surface area contributed by atoms with Gasteiger partial charge in [-0.2, -0.15) is 5.10 Å². The second-order valence-electron chi connectivity index (χ2n) is 4.91. The van der Waals surface area contributed by atoms with Crippen molar-refractivity contribution in [2.45, 2.75) is 49.4 Å². The lowest BCUT2D eigenvalue weighted by Crippen LogP contribution is -2.14. The number of methoxy groups -OCH3 is 1. The molecule has 0 amide bonds. The minimum Gasteiger partial charge on any atom is -0.383 e. The van der Waals surface area contributed by atoms with Gasteiger partial charge in [0.1, 0.15) is 0 Å². The van der Waals surface area contributed by atoms with Gasteiger partial charge in [-0.05, 0) is 19.3 Å². The van der Waals surface area contributed by atoms with Gasteiger partial charge in [-0.15, -0.1) is 0 Å². The summed E-state index contributed by atoms with van der Waals surface area (Å²) in [6.07, 6.45) is 7.97. The Balaban J connectivity index is 2.16. The zero-order valence-corrected chi connectivity index (χ0v) is 13.1. The third kappa shape index (κ3) is 3.49. The van der Waals surface area contributed by atoms with Gasteiger partial charge in [-0.3, -0.25) is 4.68 Å². The Morgan fingerprint density at radius 1 is 1.50 bits per heavy atom. The highest BCUT2D eigenvalue weighted by atomic mass is 79.9. The van der Waals surface area contributed by atoms with Crippen LogP contribution in [0.3, 0.4) is 0 Å². The first kappa shape index (κ1) is 14.4. The molecule has 1 saturated carbocycles. The molecule has 3 nitrogen and oxygen atoms in total. The molecule has 1 fully saturated rings. The maximum absolute atomic E-state index is 6.32. The Kier molecular flexibility index (Phi) is 5.52. The Labute approximate surface area is 122 Å². The first-order valence-corrected chi connectivity index (χ1v) is 7.86. The first-order valence-electron chi connectivity index (χ1n) is 6.56. The van der Waals surface area contributed by atoms with E-state index in [0.29, 0.717) is 17.4 Å². The van der Waals surface area contributed by atoms with Crippen LogP contribution >= 0.6 is 27.5 Å². The summed E-state index contributed by atoms with van der Waals surface area (Å²) in [5.74, 6) is 0.517. The second-order valence-corrected chi connectivity index (χ2v) is 6.61. The van der Waals surface area contributed by atoms with Crippen LogP contribution in [0.15, 0.2) is 6.20 Å². The van der Waals surface area contributed by atoms with Gasteiger partial charge in [-0.25, -0.2) is 0 Å². The maximum atomic E-state index is 6.32. The molecule has 1 heterocycles. The smallest absolute Gasteiger partial charge is 0.0820 e. The minimum absolute atomic E-state index is 0.517. The number of aromatic nitrogens is 2. The Morgan fingerprint density at radius 3 is 3.06 bits per heavy atom. The SMILES string of the molecule is COCCn1ncc(Cl)c1C1CCCCC(Br)C1. The van der Waals surface area contributed by atoms with Gasteiger partial charge in [-0.1, -0.05) is 40.4 Å².